The van der Waals surface area contributed by atoms with E-state index in [4.69, 9.17) is 0 Å². The summed E-state index contributed by atoms with van der Waals surface area (Å²) in [5.74, 6) is -0.638. The highest BCUT2D eigenvalue weighted by atomic mass is 19.1. The van der Waals surface area contributed by atoms with E-state index >= 15 is 0 Å². The molecule has 1 fully saturated rings. The Hall–Kier alpha value is -3.22. The molecule has 0 aliphatic heterocycles. The number of halogens is 1. The lowest BCUT2D eigenvalue weighted by Crippen LogP contribution is -2.40. The second kappa shape index (κ2) is 6.83. The smallest absolute Gasteiger partial charge is 0.273 e. The molecule has 6 nitrogen and oxygen atoms in total. The van der Waals surface area contributed by atoms with Crippen LogP contribution in [0, 0.1) is 5.82 Å². The van der Waals surface area contributed by atoms with Gasteiger partial charge in [0.1, 0.15) is 12.4 Å². The van der Waals surface area contributed by atoms with Gasteiger partial charge in [-0.15, -0.1) is 0 Å². The predicted octanol–water partition coefficient (Wildman–Crippen LogP) is 2.02. The number of aromatic amines is 1. The minimum absolute atomic E-state index is 0.0867. The summed E-state index contributed by atoms with van der Waals surface area (Å²) in [5.41, 5.74) is -0.143. The number of amides is 1. The molecular formula is C20H18FN3O3. The van der Waals surface area contributed by atoms with Crippen molar-refractivity contribution in [2.75, 3.05) is 0 Å². The van der Waals surface area contributed by atoms with Crippen molar-refractivity contribution in [3.8, 4) is 0 Å². The van der Waals surface area contributed by atoms with E-state index in [9.17, 15) is 18.8 Å². The summed E-state index contributed by atoms with van der Waals surface area (Å²) >= 11 is 0. The molecule has 3 aromatic rings. The zero-order valence-corrected chi connectivity index (χ0v) is 14.5. The van der Waals surface area contributed by atoms with Gasteiger partial charge in [-0.1, -0.05) is 24.3 Å². The Balaban J connectivity index is 1.62. The Morgan fingerprint density at radius 3 is 2.56 bits per heavy atom. The molecule has 0 radical (unpaired) electrons. The molecule has 1 N–H and O–H groups in total. The number of benzene rings is 2. The Kier molecular flexibility index (Phi) is 4.35. The van der Waals surface area contributed by atoms with Crippen LogP contribution in [0.2, 0.25) is 0 Å². The quantitative estimate of drug-likeness (QED) is 0.750. The number of carbonyl (C=O) groups excluding carboxylic acids is 1. The van der Waals surface area contributed by atoms with Crippen LogP contribution in [0.1, 0.15) is 18.4 Å². The van der Waals surface area contributed by atoms with Crippen LogP contribution >= 0.6 is 0 Å². The normalized spacial score (nSPS) is 13.7. The second-order valence-corrected chi connectivity index (χ2v) is 6.76. The second-order valence-electron chi connectivity index (χ2n) is 6.76. The highest BCUT2D eigenvalue weighted by molar-refractivity contribution is 5.81. The van der Waals surface area contributed by atoms with Gasteiger partial charge in [0, 0.05) is 12.6 Å². The van der Waals surface area contributed by atoms with E-state index < -0.39 is 11.1 Å². The highest BCUT2D eigenvalue weighted by Gasteiger charge is 2.32. The maximum Gasteiger partial charge on any atom is 0.273 e. The highest BCUT2D eigenvalue weighted by Crippen LogP contribution is 2.28. The van der Waals surface area contributed by atoms with E-state index in [0.717, 1.165) is 17.5 Å². The molecule has 1 aliphatic rings. The zero-order valence-electron chi connectivity index (χ0n) is 14.5. The minimum atomic E-state index is -0.417. The lowest BCUT2D eigenvalue weighted by atomic mass is 10.2. The SMILES string of the molecule is O=C(Cn1[nH]c(=O)c2ccccc2c1=O)N(Cc1cccc(F)c1)C1CC1. The van der Waals surface area contributed by atoms with E-state index in [0.29, 0.717) is 10.9 Å². The summed E-state index contributed by atoms with van der Waals surface area (Å²) in [6.07, 6.45) is 1.76. The van der Waals surface area contributed by atoms with Crippen molar-refractivity contribution in [1.82, 2.24) is 14.7 Å². The van der Waals surface area contributed by atoms with Crippen LogP contribution in [0.4, 0.5) is 4.39 Å². The van der Waals surface area contributed by atoms with Crippen molar-refractivity contribution in [2.45, 2.75) is 32.0 Å². The van der Waals surface area contributed by atoms with E-state index in [-0.39, 0.29) is 36.2 Å². The van der Waals surface area contributed by atoms with E-state index in [1.807, 2.05) is 0 Å². The van der Waals surface area contributed by atoms with Gasteiger partial charge in [0.25, 0.3) is 11.1 Å². The average molecular weight is 367 g/mol. The van der Waals surface area contributed by atoms with E-state index in [1.54, 1.807) is 41.3 Å². The molecule has 2 aromatic carbocycles. The van der Waals surface area contributed by atoms with Crippen molar-refractivity contribution < 1.29 is 9.18 Å². The summed E-state index contributed by atoms with van der Waals surface area (Å²) in [4.78, 5) is 39.3. The van der Waals surface area contributed by atoms with E-state index in [2.05, 4.69) is 5.10 Å². The first-order valence-corrected chi connectivity index (χ1v) is 8.79. The standard InChI is InChI=1S/C20H18FN3O3/c21-14-5-3-4-13(10-14)11-23(15-8-9-15)18(25)12-24-20(27)17-7-2-1-6-16(17)19(26)22-24/h1-7,10,15H,8-9,11-12H2,(H,22,26). The van der Waals surface area contributed by atoms with Crippen LogP contribution < -0.4 is 11.1 Å². The summed E-state index contributed by atoms with van der Waals surface area (Å²) in [5, 5.41) is 3.05. The van der Waals surface area contributed by atoms with Crippen molar-refractivity contribution in [2.24, 2.45) is 0 Å². The first-order valence-electron chi connectivity index (χ1n) is 8.79. The molecule has 0 unspecified atom stereocenters. The summed E-state index contributed by atoms with van der Waals surface area (Å²) in [6.45, 7) is 0.0124. The Labute approximate surface area is 153 Å². The van der Waals surface area contributed by atoms with Gasteiger partial charge >= 0.3 is 0 Å². The maximum atomic E-state index is 13.4. The molecule has 0 saturated heterocycles. The molecular weight excluding hydrogens is 349 g/mol. The van der Waals surface area contributed by atoms with Crippen LogP contribution in [0.15, 0.2) is 58.1 Å². The van der Waals surface area contributed by atoms with Gasteiger partial charge < -0.3 is 4.90 Å². The zero-order chi connectivity index (χ0) is 19.0. The fraction of sp³-hybridized carbons (Fsp3) is 0.250. The van der Waals surface area contributed by atoms with Gasteiger partial charge in [-0.25, -0.2) is 9.07 Å². The topological polar surface area (TPSA) is 75.2 Å². The Morgan fingerprint density at radius 1 is 1.11 bits per heavy atom. The minimum Gasteiger partial charge on any atom is -0.334 e. The fourth-order valence-corrected chi connectivity index (χ4v) is 3.22. The molecule has 0 atom stereocenters. The first kappa shape index (κ1) is 17.2. The van der Waals surface area contributed by atoms with Crippen LogP contribution in [0.3, 0.4) is 0 Å². The molecule has 1 aromatic heterocycles. The molecule has 1 saturated carbocycles. The van der Waals surface area contributed by atoms with Crippen LogP contribution in [-0.4, -0.2) is 26.6 Å². The fourth-order valence-electron chi connectivity index (χ4n) is 3.22. The lowest BCUT2D eigenvalue weighted by molar-refractivity contribution is -0.133. The lowest BCUT2D eigenvalue weighted by Gasteiger charge is -2.23. The number of carbonyl (C=O) groups is 1. The van der Waals surface area contributed by atoms with Gasteiger partial charge in [-0.3, -0.25) is 19.5 Å². The number of aromatic nitrogens is 2. The molecule has 27 heavy (non-hydrogen) atoms. The summed E-state index contributed by atoms with van der Waals surface area (Å²) in [6, 6.07) is 12.7. The maximum absolute atomic E-state index is 13.4. The summed E-state index contributed by atoms with van der Waals surface area (Å²) < 4.78 is 14.5. The monoisotopic (exact) mass is 367 g/mol. The van der Waals surface area contributed by atoms with Gasteiger partial charge in [0.05, 0.1) is 10.8 Å². The van der Waals surface area contributed by atoms with Crippen molar-refractivity contribution in [3.05, 3.63) is 80.6 Å². The number of fused-ring (bicyclic) bond motifs is 1. The predicted molar refractivity (Wildman–Crippen MR) is 98.8 cm³/mol. The number of hydrogen-bond acceptors (Lipinski definition) is 3. The van der Waals surface area contributed by atoms with Gasteiger partial charge in [-0.2, -0.15) is 0 Å². The third-order valence-corrected chi connectivity index (χ3v) is 4.73. The molecule has 0 bridgehead atoms. The van der Waals surface area contributed by atoms with Crippen LogP contribution in [-0.2, 0) is 17.9 Å². The van der Waals surface area contributed by atoms with Crippen molar-refractivity contribution in [3.63, 3.8) is 0 Å². The van der Waals surface area contributed by atoms with Crippen molar-refractivity contribution in [1.29, 1.82) is 0 Å². The van der Waals surface area contributed by atoms with E-state index in [1.165, 1.54) is 12.1 Å². The molecule has 138 valence electrons. The Bertz CT molecular complexity index is 1130. The molecule has 1 aliphatic carbocycles. The van der Waals surface area contributed by atoms with Crippen LogP contribution in [0.5, 0.6) is 0 Å². The molecule has 7 heteroatoms. The molecule has 0 spiro atoms. The number of H-pyrrole nitrogens is 1. The van der Waals surface area contributed by atoms with Gasteiger partial charge in [0.15, 0.2) is 0 Å². The number of hydrogen-bond donors (Lipinski definition) is 1. The summed E-state index contributed by atoms with van der Waals surface area (Å²) in [7, 11) is 0. The van der Waals surface area contributed by atoms with Gasteiger partial charge in [0.2, 0.25) is 5.91 Å². The molecule has 1 heterocycles. The molecule has 4 rings (SSSR count). The number of nitrogens with zero attached hydrogens (tertiary/aromatic N) is 2. The van der Waals surface area contributed by atoms with Crippen LogP contribution in [0.25, 0.3) is 10.8 Å². The average Bonchev–Trinajstić information content (AvgIpc) is 3.49. The Morgan fingerprint density at radius 2 is 1.85 bits per heavy atom. The first-order chi connectivity index (χ1) is 13.0. The molecule has 1 amide bonds. The number of rotatable bonds is 5. The number of nitrogens with one attached hydrogen (secondary N) is 1. The largest absolute Gasteiger partial charge is 0.334 e. The van der Waals surface area contributed by atoms with Gasteiger partial charge in [-0.05, 0) is 42.7 Å². The third-order valence-electron chi connectivity index (χ3n) is 4.73. The third kappa shape index (κ3) is 3.53. The van der Waals surface area contributed by atoms with Crippen molar-refractivity contribution >= 4 is 16.7 Å².